The van der Waals surface area contributed by atoms with Crippen LogP contribution < -0.4 is 0 Å². The zero-order valence-corrected chi connectivity index (χ0v) is 9.57. The number of aromatic nitrogens is 2. The van der Waals surface area contributed by atoms with E-state index in [1.807, 2.05) is 0 Å². The highest BCUT2D eigenvalue weighted by Crippen LogP contribution is 2.31. The van der Waals surface area contributed by atoms with Crippen molar-refractivity contribution in [3.63, 3.8) is 0 Å². The van der Waals surface area contributed by atoms with Crippen LogP contribution in [0.4, 0.5) is 13.2 Å². The van der Waals surface area contributed by atoms with Gasteiger partial charge in [0.15, 0.2) is 5.69 Å². The molecule has 0 aliphatic rings. The Labute approximate surface area is 101 Å². The van der Waals surface area contributed by atoms with Gasteiger partial charge in [0.05, 0.1) is 0 Å². The van der Waals surface area contributed by atoms with Crippen LogP contribution >= 0.6 is 0 Å². The molecule has 0 atom stereocenters. The average molecular weight is 256 g/mol. The molecule has 6 heteroatoms. The summed E-state index contributed by atoms with van der Waals surface area (Å²) >= 11 is 0. The maximum atomic E-state index is 12.6. The van der Waals surface area contributed by atoms with Gasteiger partial charge in [0, 0.05) is 5.69 Å². The molecular weight excluding hydrogens is 245 g/mol. The summed E-state index contributed by atoms with van der Waals surface area (Å²) in [4.78, 5) is 0. The van der Waals surface area contributed by atoms with Crippen molar-refractivity contribution in [3.8, 4) is 11.4 Å². The van der Waals surface area contributed by atoms with Gasteiger partial charge in [-0.15, -0.1) is 0 Å². The summed E-state index contributed by atoms with van der Waals surface area (Å²) in [5.74, 6) is -0.107. The molecule has 18 heavy (non-hydrogen) atoms. The molecule has 0 aliphatic carbocycles. The Hall–Kier alpha value is -1.98. The Morgan fingerprint density at radius 2 is 1.94 bits per heavy atom. The van der Waals surface area contributed by atoms with Crippen LogP contribution in [0.1, 0.15) is 18.3 Å². The van der Waals surface area contributed by atoms with Crippen LogP contribution in [-0.2, 0) is 12.6 Å². The zero-order chi connectivity index (χ0) is 13.3. The molecular formula is C12H11F3N2O. The van der Waals surface area contributed by atoms with Crippen molar-refractivity contribution in [1.29, 1.82) is 0 Å². The Bertz CT molecular complexity index is 561. The SMILES string of the molecule is CCc1cc(C(F)(F)F)nn1-c1ccccc1O. The van der Waals surface area contributed by atoms with E-state index in [0.717, 1.165) is 10.7 Å². The number of para-hydroxylation sites is 2. The fourth-order valence-corrected chi connectivity index (χ4v) is 1.66. The van der Waals surface area contributed by atoms with Crippen molar-refractivity contribution < 1.29 is 18.3 Å². The second-order valence-electron chi connectivity index (χ2n) is 3.77. The van der Waals surface area contributed by atoms with Crippen molar-refractivity contribution in [2.45, 2.75) is 19.5 Å². The smallest absolute Gasteiger partial charge is 0.435 e. The molecule has 0 amide bonds. The van der Waals surface area contributed by atoms with Crippen molar-refractivity contribution in [1.82, 2.24) is 9.78 Å². The third-order valence-electron chi connectivity index (χ3n) is 2.55. The number of hydrogen-bond acceptors (Lipinski definition) is 2. The number of aromatic hydroxyl groups is 1. The first kappa shape index (κ1) is 12.5. The lowest BCUT2D eigenvalue weighted by atomic mass is 10.2. The normalized spacial score (nSPS) is 11.8. The number of benzene rings is 1. The van der Waals surface area contributed by atoms with Crippen LogP contribution in [-0.4, -0.2) is 14.9 Å². The van der Waals surface area contributed by atoms with Crippen molar-refractivity contribution in [2.75, 3.05) is 0 Å². The Kier molecular flexibility index (Phi) is 3.02. The predicted octanol–water partition coefficient (Wildman–Crippen LogP) is 3.16. The molecule has 0 radical (unpaired) electrons. The van der Waals surface area contributed by atoms with Crippen LogP contribution in [0, 0.1) is 0 Å². The van der Waals surface area contributed by atoms with Gasteiger partial charge in [0.1, 0.15) is 11.4 Å². The molecule has 1 N–H and O–H groups in total. The summed E-state index contributed by atoms with van der Waals surface area (Å²) in [7, 11) is 0. The highest BCUT2D eigenvalue weighted by molar-refractivity contribution is 5.46. The van der Waals surface area contributed by atoms with Gasteiger partial charge in [-0.25, -0.2) is 4.68 Å². The van der Waals surface area contributed by atoms with Gasteiger partial charge in [-0.2, -0.15) is 18.3 Å². The summed E-state index contributed by atoms with van der Waals surface area (Å²) in [5.41, 5.74) is -0.323. The van der Waals surface area contributed by atoms with Gasteiger partial charge in [0.25, 0.3) is 0 Å². The summed E-state index contributed by atoms with van der Waals surface area (Å²) in [5, 5.41) is 13.2. The molecule has 3 nitrogen and oxygen atoms in total. The number of rotatable bonds is 2. The third-order valence-corrected chi connectivity index (χ3v) is 2.55. The fourth-order valence-electron chi connectivity index (χ4n) is 1.66. The summed E-state index contributed by atoms with van der Waals surface area (Å²) in [6.45, 7) is 1.73. The minimum absolute atomic E-state index is 0.107. The Morgan fingerprint density at radius 3 is 2.50 bits per heavy atom. The Morgan fingerprint density at radius 1 is 1.28 bits per heavy atom. The number of nitrogens with zero attached hydrogens (tertiary/aromatic N) is 2. The van der Waals surface area contributed by atoms with Crippen LogP contribution in [0.5, 0.6) is 5.75 Å². The number of alkyl halides is 3. The van der Waals surface area contributed by atoms with Crippen LogP contribution in [0.2, 0.25) is 0 Å². The number of hydrogen-bond donors (Lipinski definition) is 1. The lowest BCUT2D eigenvalue weighted by molar-refractivity contribution is -0.141. The average Bonchev–Trinajstić information content (AvgIpc) is 2.73. The number of phenolic OH excluding ortho intramolecular Hbond substituents is 1. The van der Waals surface area contributed by atoms with E-state index in [4.69, 9.17) is 0 Å². The third kappa shape index (κ3) is 2.18. The quantitative estimate of drug-likeness (QED) is 0.896. The summed E-state index contributed by atoms with van der Waals surface area (Å²) in [6, 6.07) is 7.14. The van der Waals surface area contributed by atoms with Crippen LogP contribution in [0.25, 0.3) is 5.69 Å². The van der Waals surface area contributed by atoms with E-state index in [9.17, 15) is 18.3 Å². The van der Waals surface area contributed by atoms with Crippen molar-refractivity contribution in [3.05, 3.63) is 41.7 Å². The van der Waals surface area contributed by atoms with Gasteiger partial charge in [-0.05, 0) is 24.6 Å². The van der Waals surface area contributed by atoms with E-state index in [2.05, 4.69) is 5.10 Å². The standard InChI is InChI=1S/C12H11F3N2O/c1-2-8-7-11(12(13,14)15)16-17(8)9-5-3-4-6-10(9)18/h3-7,18H,2H2,1H3. The maximum Gasteiger partial charge on any atom is 0.435 e. The minimum atomic E-state index is -4.49. The van der Waals surface area contributed by atoms with E-state index in [0.29, 0.717) is 12.1 Å². The van der Waals surface area contributed by atoms with Crippen LogP contribution in [0.15, 0.2) is 30.3 Å². The molecule has 0 saturated carbocycles. The van der Waals surface area contributed by atoms with Gasteiger partial charge in [0.2, 0.25) is 0 Å². The van der Waals surface area contributed by atoms with E-state index in [-0.39, 0.29) is 11.4 Å². The molecule has 2 aromatic rings. The van der Waals surface area contributed by atoms with Crippen LogP contribution in [0.3, 0.4) is 0 Å². The molecule has 2 rings (SSSR count). The monoisotopic (exact) mass is 256 g/mol. The van der Waals surface area contributed by atoms with E-state index < -0.39 is 11.9 Å². The van der Waals surface area contributed by atoms with Gasteiger partial charge >= 0.3 is 6.18 Å². The summed E-state index contributed by atoms with van der Waals surface area (Å²) in [6.07, 6.45) is -4.10. The first-order chi connectivity index (χ1) is 8.43. The fraction of sp³-hybridized carbons (Fsp3) is 0.250. The number of phenols is 1. The molecule has 1 aromatic carbocycles. The number of halogens is 3. The van der Waals surface area contributed by atoms with Gasteiger partial charge in [-0.3, -0.25) is 0 Å². The lowest BCUT2D eigenvalue weighted by Gasteiger charge is -2.07. The highest BCUT2D eigenvalue weighted by Gasteiger charge is 2.35. The molecule has 0 saturated heterocycles. The molecule has 96 valence electrons. The first-order valence-corrected chi connectivity index (χ1v) is 5.38. The first-order valence-electron chi connectivity index (χ1n) is 5.38. The van der Waals surface area contributed by atoms with Gasteiger partial charge < -0.3 is 5.11 Å². The van der Waals surface area contributed by atoms with E-state index >= 15 is 0 Å². The Balaban J connectivity index is 2.58. The van der Waals surface area contributed by atoms with E-state index in [1.54, 1.807) is 19.1 Å². The zero-order valence-electron chi connectivity index (χ0n) is 9.57. The molecule has 1 aromatic heterocycles. The molecule has 0 aliphatic heterocycles. The molecule has 0 bridgehead atoms. The molecule has 0 fully saturated rings. The molecule has 0 spiro atoms. The second kappa shape index (κ2) is 4.36. The van der Waals surface area contributed by atoms with Crippen molar-refractivity contribution in [2.24, 2.45) is 0 Å². The van der Waals surface area contributed by atoms with E-state index in [1.165, 1.54) is 12.1 Å². The molecule has 0 unspecified atom stereocenters. The number of aryl methyl sites for hydroxylation is 1. The lowest BCUT2D eigenvalue weighted by Crippen LogP contribution is -2.07. The maximum absolute atomic E-state index is 12.6. The summed E-state index contributed by atoms with van der Waals surface area (Å²) < 4.78 is 38.9. The predicted molar refractivity (Wildman–Crippen MR) is 59.6 cm³/mol. The highest BCUT2D eigenvalue weighted by atomic mass is 19.4. The minimum Gasteiger partial charge on any atom is -0.506 e. The largest absolute Gasteiger partial charge is 0.506 e. The second-order valence-corrected chi connectivity index (χ2v) is 3.77. The van der Waals surface area contributed by atoms with Crippen molar-refractivity contribution >= 4 is 0 Å². The molecule has 1 heterocycles. The topological polar surface area (TPSA) is 38.0 Å². The van der Waals surface area contributed by atoms with Gasteiger partial charge in [-0.1, -0.05) is 19.1 Å².